The second-order valence-electron chi connectivity index (χ2n) is 30.5. The molecule has 4 aromatic rings. The Kier molecular flexibility index (Phi) is 35.2. The lowest BCUT2D eigenvalue weighted by atomic mass is 9.87. The number of hydrogen-bond donors (Lipinski definition) is 0. The molecule has 0 aliphatic rings. The van der Waals surface area contributed by atoms with Gasteiger partial charge in [0.25, 0.3) is 0 Å². The molecule has 0 saturated heterocycles. The SMILES string of the molecule is CC(C)(C)c1ccc(O[Si](Oc2ccc(C(C)(C)C)cc2)(Oc2ccc(C(C)(C)C)cc2)Oc2ccc(C(C)(C)C)cc2)cc1.CCC(CC)CC(CC)CO[Si](OCC(CC)CC(CC)CC)(OCC(CC)CC(CC)CC)OCC(CC)CC(CC)CC. The van der Waals surface area contributed by atoms with Crippen molar-refractivity contribution in [3.05, 3.63) is 119 Å². The van der Waals surface area contributed by atoms with Gasteiger partial charge in [0.05, 0.1) is 0 Å². The van der Waals surface area contributed by atoms with Gasteiger partial charge < -0.3 is 35.4 Å². The van der Waals surface area contributed by atoms with Crippen molar-refractivity contribution in [2.75, 3.05) is 26.4 Å². The predicted molar refractivity (Wildman–Crippen MR) is 388 cm³/mol. The Morgan fingerprint density at radius 2 is 0.389 bits per heavy atom. The van der Waals surface area contributed by atoms with E-state index in [0.29, 0.717) is 73.1 Å². The van der Waals surface area contributed by atoms with Gasteiger partial charge in [-0.3, -0.25) is 0 Å². The fourth-order valence-corrected chi connectivity index (χ4v) is 15.9. The molecule has 0 saturated carbocycles. The lowest BCUT2D eigenvalue weighted by molar-refractivity contribution is -0.0636. The van der Waals surface area contributed by atoms with Crippen LogP contribution in [-0.2, 0) is 39.4 Å². The normalized spacial score (nSPS) is 14.7. The van der Waals surface area contributed by atoms with Gasteiger partial charge in [-0.15, -0.1) is 0 Å². The van der Waals surface area contributed by atoms with Crippen LogP contribution in [0.2, 0.25) is 0 Å². The maximum Gasteiger partial charge on any atom is 0.966 e. The third kappa shape index (κ3) is 28.1. The summed E-state index contributed by atoms with van der Waals surface area (Å²) in [6.45, 7) is 57.0. The maximum absolute atomic E-state index is 7.00. The van der Waals surface area contributed by atoms with Gasteiger partial charge in [-0.05, 0) is 165 Å². The summed E-state index contributed by atoms with van der Waals surface area (Å²) in [6, 6.07) is 32.4. The summed E-state index contributed by atoms with van der Waals surface area (Å²) < 4.78 is 55.0. The van der Waals surface area contributed by atoms with Crippen LogP contribution >= 0.6 is 0 Å². The maximum atomic E-state index is 7.00. The van der Waals surface area contributed by atoms with Crippen molar-refractivity contribution in [1.29, 1.82) is 0 Å². The minimum absolute atomic E-state index is 0.00888. The molecule has 4 aromatic carbocycles. The summed E-state index contributed by atoms with van der Waals surface area (Å²) in [6.07, 6.45) is 19.2. The molecule has 4 rings (SSSR count). The minimum Gasteiger partial charge on any atom is -0.452 e. The molecular formula is C80H136O8Si2. The van der Waals surface area contributed by atoms with Crippen molar-refractivity contribution in [2.24, 2.45) is 47.3 Å². The predicted octanol–water partition coefficient (Wildman–Crippen LogP) is 23.8. The molecule has 0 aliphatic heterocycles. The highest BCUT2D eigenvalue weighted by atomic mass is 28.4. The molecule has 4 atom stereocenters. The molecule has 512 valence electrons. The van der Waals surface area contributed by atoms with Gasteiger partial charge in [0.1, 0.15) is 23.0 Å². The summed E-state index contributed by atoms with van der Waals surface area (Å²) in [7, 11) is -7.41. The van der Waals surface area contributed by atoms with Crippen molar-refractivity contribution in [3.63, 3.8) is 0 Å². The van der Waals surface area contributed by atoms with E-state index in [0.717, 1.165) is 49.4 Å². The van der Waals surface area contributed by atoms with Gasteiger partial charge in [0, 0.05) is 26.4 Å². The Hall–Kier alpha value is -3.65. The van der Waals surface area contributed by atoms with Gasteiger partial charge in [0.15, 0.2) is 0 Å². The monoisotopic (exact) mass is 1280 g/mol. The van der Waals surface area contributed by atoms with E-state index in [1.807, 2.05) is 48.5 Å². The summed E-state index contributed by atoms with van der Waals surface area (Å²) >= 11 is 0. The molecule has 0 aromatic heterocycles. The van der Waals surface area contributed by atoms with Crippen LogP contribution in [0.15, 0.2) is 97.1 Å². The molecule has 0 aliphatic carbocycles. The standard InChI is InChI=1S/C40H52O4Si.C40H84O4Si/c1-37(2,3)29-13-21-33(22-14-29)41-45(42-34-23-15-30(16-24-34)38(4,5)6,43-35-25-17-31(18-26-35)39(7,8)9)44-36-27-19-32(20-28-36)40(10,11)12;1-13-33(14-2)25-37(21-9)29-41-45(42-30-38(22-10)26-34(15-3)16-4,43-31-39(23-11)27-35(17-5)18-6)44-32-40(24-12)28-36(19-7)20-8/h13-28H,1-12H3;33-40H,13-32H2,1-12H3. The number of rotatable bonds is 40. The van der Waals surface area contributed by atoms with E-state index >= 15 is 0 Å². The topological polar surface area (TPSA) is 73.8 Å². The quantitative estimate of drug-likeness (QED) is 0.0408. The third-order valence-corrected chi connectivity index (χ3v) is 23.5. The molecule has 0 fully saturated rings. The lowest BCUT2D eigenvalue weighted by Crippen LogP contribution is -2.60. The molecule has 0 bridgehead atoms. The lowest BCUT2D eigenvalue weighted by Gasteiger charge is -2.34. The average Bonchev–Trinajstić information content (AvgIpc) is 0.861. The second kappa shape index (κ2) is 39.3. The van der Waals surface area contributed by atoms with Crippen LogP contribution in [0.4, 0.5) is 0 Å². The molecule has 0 N–H and O–H groups in total. The molecule has 0 spiro atoms. The zero-order valence-electron chi connectivity index (χ0n) is 62.3. The van der Waals surface area contributed by atoms with Crippen LogP contribution < -0.4 is 17.7 Å². The highest BCUT2D eigenvalue weighted by molar-refractivity contribution is 6.57. The van der Waals surface area contributed by atoms with Crippen LogP contribution in [0.3, 0.4) is 0 Å². The minimum atomic E-state index is -4.01. The van der Waals surface area contributed by atoms with Gasteiger partial charge in [-0.2, -0.15) is 0 Å². The van der Waals surface area contributed by atoms with Crippen LogP contribution in [0, 0.1) is 47.3 Å². The Bertz CT molecular complexity index is 2120. The first kappa shape index (κ1) is 80.6. The van der Waals surface area contributed by atoms with Gasteiger partial charge in [-0.1, -0.05) is 292 Å². The highest BCUT2D eigenvalue weighted by Gasteiger charge is 2.58. The van der Waals surface area contributed by atoms with E-state index < -0.39 is 18.1 Å². The van der Waals surface area contributed by atoms with E-state index in [1.165, 1.54) is 99.3 Å². The molecular weight excluding hydrogens is 1150 g/mol. The molecule has 10 heteroatoms. The first-order valence-electron chi connectivity index (χ1n) is 36.2. The van der Waals surface area contributed by atoms with Gasteiger partial charge >= 0.3 is 18.1 Å². The van der Waals surface area contributed by atoms with Crippen LogP contribution in [0.5, 0.6) is 23.0 Å². The first-order chi connectivity index (χ1) is 42.4. The molecule has 4 unspecified atom stereocenters. The summed E-state index contributed by atoms with van der Waals surface area (Å²) in [5.74, 6) is 7.43. The molecule has 0 heterocycles. The molecule has 90 heavy (non-hydrogen) atoms. The van der Waals surface area contributed by atoms with Crippen LogP contribution in [0.1, 0.15) is 291 Å². The van der Waals surface area contributed by atoms with Crippen molar-refractivity contribution in [1.82, 2.24) is 0 Å². The van der Waals surface area contributed by atoms with Gasteiger partial charge in [0.2, 0.25) is 0 Å². The highest BCUT2D eigenvalue weighted by Crippen LogP contribution is 2.35. The molecule has 0 amide bonds. The largest absolute Gasteiger partial charge is 0.966 e. The van der Waals surface area contributed by atoms with Crippen molar-refractivity contribution < 1.29 is 35.4 Å². The van der Waals surface area contributed by atoms with Crippen molar-refractivity contribution in [3.8, 4) is 23.0 Å². The Balaban J connectivity index is 0.000000470. The Morgan fingerprint density at radius 1 is 0.233 bits per heavy atom. The molecule has 0 radical (unpaired) electrons. The summed E-state index contributed by atoms with van der Waals surface area (Å²) in [5, 5.41) is 0. The number of hydrogen-bond acceptors (Lipinski definition) is 8. The zero-order chi connectivity index (χ0) is 67.4. The summed E-state index contributed by atoms with van der Waals surface area (Å²) in [5.41, 5.74) is 4.86. The second-order valence-corrected chi connectivity index (χ2v) is 34.5. The Labute approximate surface area is 557 Å². The van der Waals surface area contributed by atoms with E-state index in [-0.39, 0.29) is 21.7 Å². The van der Waals surface area contributed by atoms with Gasteiger partial charge in [-0.25, -0.2) is 0 Å². The van der Waals surface area contributed by atoms with Crippen molar-refractivity contribution in [2.45, 2.75) is 291 Å². The summed E-state index contributed by atoms with van der Waals surface area (Å²) in [4.78, 5) is 0. The van der Waals surface area contributed by atoms with Crippen LogP contribution in [-0.4, -0.2) is 44.5 Å². The van der Waals surface area contributed by atoms with Crippen LogP contribution in [0.25, 0.3) is 0 Å². The van der Waals surface area contributed by atoms with E-state index in [4.69, 9.17) is 35.4 Å². The number of benzene rings is 4. The average molecular weight is 1280 g/mol. The fraction of sp³-hybridized carbons (Fsp3) is 0.700. The smallest absolute Gasteiger partial charge is 0.452 e. The Morgan fingerprint density at radius 3 is 0.522 bits per heavy atom. The first-order valence-corrected chi connectivity index (χ1v) is 39.4. The fourth-order valence-electron chi connectivity index (χ4n) is 11.7. The third-order valence-electron chi connectivity index (χ3n) is 19.4. The van der Waals surface area contributed by atoms with E-state index in [2.05, 4.69) is 215 Å². The van der Waals surface area contributed by atoms with Crippen molar-refractivity contribution >= 4 is 18.1 Å². The zero-order valence-corrected chi connectivity index (χ0v) is 64.3. The van der Waals surface area contributed by atoms with E-state index in [9.17, 15) is 0 Å². The molecule has 8 nitrogen and oxygen atoms in total. The van der Waals surface area contributed by atoms with E-state index in [1.54, 1.807) is 0 Å².